The normalized spacial score (nSPS) is 15.8. The minimum atomic E-state index is -4.29. The van der Waals surface area contributed by atoms with Gasteiger partial charge in [0.1, 0.15) is 6.61 Å². The lowest BCUT2D eigenvalue weighted by atomic mass is 10.2. The molecule has 3 heterocycles. The number of carbonyl (C=O) groups is 1. The van der Waals surface area contributed by atoms with Gasteiger partial charge < -0.3 is 14.2 Å². The van der Waals surface area contributed by atoms with Gasteiger partial charge in [-0.1, -0.05) is 5.16 Å². The number of nitrogens with zero attached hydrogens (tertiary/aromatic N) is 4. The molecule has 1 amide bonds. The summed E-state index contributed by atoms with van der Waals surface area (Å²) in [5, 5.41) is 3.86. The zero-order chi connectivity index (χ0) is 20.0. The number of aromatic nitrogens is 2. The van der Waals surface area contributed by atoms with Crippen molar-refractivity contribution < 1.29 is 27.2 Å². The van der Waals surface area contributed by atoms with Gasteiger partial charge in [0.25, 0.3) is 5.91 Å². The molecule has 1 aliphatic heterocycles. The summed E-state index contributed by atoms with van der Waals surface area (Å²) in [7, 11) is 0. The van der Waals surface area contributed by atoms with E-state index >= 15 is 0 Å². The third-order valence-corrected chi connectivity index (χ3v) is 4.36. The van der Waals surface area contributed by atoms with E-state index in [0.717, 1.165) is 5.56 Å². The molecule has 0 saturated carbocycles. The highest BCUT2D eigenvalue weighted by molar-refractivity contribution is 5.93. The van der Waals surface area contributed by atoms with Crippen LogP contribution in [0.4, 0.5) is 13.2 Å². The number of ether oxygens (including phenoxy) is 1. The highest BCUT2D eigenvalue weighted by Gasteiger charge is 2.27. The Morgan fingerprint density at radius 2 is 2.04 bits per heavy atom. The molecule has 1 aliphatic rings. The predicted octanol–water partition coefficient (Wildman–Crippen LogP) is 2.46. The van der Waals surface area contributed by atoms with Crippen molar-refractivity contribution in [2.24, 2.45) is 0 Å². The molecule has 0 aromatic carbocycles. The second kappa shape index (κ2) is 9.16. The van der Waals surface area contributed by atoms with Crippen molar-refractivity contribution in [3.05, 3.63) is 36.3 Å². The van der Waals surface area contributed by atoms with Crippen LogP contribution in [-0.2, 0) is 4.74 Å². The number of piperazine rings is 1. The molecule has 0 aliphatic carbocycles. The van der Waals surface area contributed by atoms with Gasteiger partial charge in [-0.25, -0.2) is 0 Å². The Balaban J connectivity index is 1.41. The van der Waals surface area contributed by atoms with E-state index in [9.17, 15) is 18.0 Å². The van der Waals surface area contributed by atoms with Gasteiger partial charge in [-0.3, -0.25) is 14.7 Å². The monoisotopic (exact) mass is 398 g/mol. The highest BCUT2D eigenvalue weighted by Crippen LogP contribution is 2.20. The first-order valence-corrected chi connectivity index (χ1v) is 8.95. The molecule has 0 spiro atoms. The SMILES string of the molecule is O=C(c1cc(-c2cccnc2)on1)N1CCN(CCCOCC(F)(F)F)CC1. The molecule has 2 aromatic heterocycles. The summed E-state index contributed by atoms with van der Waals surface area (Å²) in [6.07, 6.45) is -0.494. The quantitative estimate of drug-likeness (QED) is 0.668. The Bertz CT molecular complexity index is 759. The largest absolute Gasteiger partial charge is 0.411 e. The molecule has 0 radical (unpaired) electrons. The molecule has 0 N–H and O–H groups in total. The van der Waals surface area contributed by atoms with Gasteiger partial charge in [0.15, 0.2) is 11.5 Å². The summed E-state index contributed by atoms with van der Waals surface area (Å²) >= 11 is 0. The molecule has 3 rings (SSSR count). The van der Waals surface area contributed by atoms with Crippen molar-refractivity contribution in [2.45, 2.75) is 12.6 Å². The van der Waals surface area contributed by atoms with E-state index in [1.165, 1.54) is 0 Å². The molecule has 7 nitrogen and oxygen atoms in total. The number of alkyl halides is 3. The van der Waals surface area contributed by atoms with E-state index in [1.807, 2.05) is 6.07 Å². The van der Waals surface area contributed by atoms with Crippen LogP contribution in [0.3, 0.4) is 0 Å². The summed E-state index contributed by atoms with van der Waals surface area (Å²) in [5.74, 6) is 0.279. The van der Waals surface area contributed by atoms with Crippen LogP contribution in [0.2, 0.25) is 0 Å². The summed E-state index contributed by atoms with van der Waals surface area (Å²) in [6.45, 7) is 1.84. The van der Waals surface area contributed by atoms with Crippen LogP contribution >= 0.6 is 0 Å². The number of halogens is 3. The third-order valence-electron chi connectivity index (χ3n) is 4.36. The van der Waals surface area contributed by atoms with Gasteiger partial charge in [0.05, 0.1) is 0 Å². The molecule has 1 saturated heterocycles. The fraction of sp³-hybridized carbons (Fsp3) is 0.500. The predicted molar refractivity (Wildman–Crippen MR) is 93.6 cm³/mol. The molecule has 0 atom stereocenters. The fourth-order valence-electron chi connectivity index (χ4n) is 2.94. The summed E-state index contributed by atoms with van der Waals surface area (Å²) in [4.78, 5) is 20.4. The van der Waals surface area contributed by atoms with Crippen molar-refractivity contribution in [1.82, 2.24) is 19.9 Å². The van der Waals surface area contributed by atoms with E-state index in [-0.39, 0.29) is 18.2 Å². The van der Waals surface area contributed by atoms with Crippen molar-refractivity contribution in [3.63, 3.8) is 0 Å². The zero-order valence-electron chi connectivity index (χ0n) is 15.2. The van der Waals surface area contributed by atoms with Gasteiger partial charge in [0, 0.05) is 63.4 Å². The zero-order valence-corrected chi connectivity index (χ0v) is 15.2. The number of carbonyl (C=O) groups excluding carboxylic acids is 1. The molecule has 28 heavy (non-hydrogen) atoms. The maximum Gasteiger partial charge on any atom is 0.411 e. The van der Waals surface area contributed by atoms with Gasteiger partial charge in [-0.15, -0.1) is 0 Å². The van der Waals surface area contributed by atoms with E-state index < -0.39 is 12.8 Å². The number of hydrogen-bond donors (Lipinski definition) is 0. The van der Waals surface area contributed by atoms with Crippen LogP contribution in [-0.4, -0.2) is 78.0 Å². The first-order valence-electron chi connectivity index (χ1n) is 8.95. The average Bonchev–Trinajstić information content (AvgIpc) is 3.18. The Morgan fingerprint density at radius 3 is 2.71 bits per heavy atom. The molecule has 10 heteroatoms. The fourth-order valence-corrected chi connectivity index (χ4v) is 2.94. The van der Waals surface area contributed by atoms with E-state index in [2.05, 4.69) is 19.8 Å². The molecular formula is C18H21F3N4O3. The minimum Gasteiger partial charge on any atom is -0.372 e. The number of hydrogen-bond acceptors (Lipinski definition) is 6. The highest BCUT2D eigenvalue weighted by atomic mass is 19.4. The van der Waals surface area contributed by atoms with Gasteiger partial charge in [-0.05, 0) is 18.6 Å². The van der Waals surface area contributed by atoms with Crippen molar-refractivity contribution >= 4 is 5.91 Å². The molecular weight excluding hydrogens is 377 g/mol. The Labute approximate surface area is 160 Å². The van der Waals surface area contributed by atoms with Crippen molar-refractivity contribution in [2.75, 3.05) is 45.9 Å². The van der Waals surface area contributed by atoms with Crippen LogP contribution in [0.1, 0.15) is 16.9 Å². The van der Waals surface area contributed by atoms with E-state index in [1.54, 1.807) is 29.4 Å². The van der Waals surface area contributed by atoms with Crippen LogP contribution in [0, 0.1) is 0 Å². The second-order valence-corrected chi connectivity index (χ2v) is 6.47. The maximum absolute atomic E-state index is 12.6. The van der Waals surface area contributed by atoms with Crippen LogP contribution in [0.25, 0.3) is 11.3 Å². The first-order chi connectivity index (χ1) is 13.4. The van der Waals surface area contributed by atoms with Gasteiger partial charge in [0.2, 0.25) is 0 Å². The first kappa shape index (κ1) is 20.3. The lowest BCUT2D eigenvalue weighted by Crippen LogP contribution is -2.49. The van der Waals surface area contributed by atoms with Crippen LogP contribution in [0.5, 0.6) is 0 Å². The number of amides is 1. The molecule has 0 bridgehead atoms. The van der Waals surface area contributed by atoms with Crippen molar-refractivity contribution in [3.8, 4) is 11.3 Å². The second-order valence-electron chi connectivity index (χ2n) is 6.47. The van der Waals surface area contributed by atoms with Crippen molar-refractivity contribution in [1.29, 1.82) is 0 Å². The molecule has 152 valence electrons. The summed E-state index contributed by atoms with van der Waals surface area (Å²) in [6, 6.07) is 5.19. The molecule has 2 aromatic rings. The standard InChI is InChI=1S/C18H21F3N4O3/c19-18(20,21)13-27-10-2-5-24-6-8-25(9-7-24)17(26)15-11-16(28-23-15)14-3-1-4-22-12-14/h1,3-4,11-12H,2,5-10,13H2. The smallest absolute Gasteiger partial charge is 0.372 e. The molecule has 0 unspecified atom stereocenters. The summed E-state index contributed by atoms with van der Waals surface area (Å²) in [5.41, 5.74) is 0.986. The third kappa shape index (κ3) is 5.77. The van der Waals surface area contributed by atoms with E-state index in [4.69, 9.17) is 4.52 Å². The topological polar surface area (TPSA) is 71.7 Å². The minimum absolute atomic E-state index is 0.0642. The van der Waals surface area contributed by atoms with Gasteiger partial charge >= 0.3 is 6.18 Å². The molecule has 1 fully saturated rings. The summed E-state index contributed by atoms with van der Waals surface area (Å²) < 4.78 is 45.9. The Kier molecular flexibility index (Phi) is 6.63. The van der Waals surface area contributed by atoms with Crippen LogP contribution < -0.4 is 0 Å². The number of rotatable bonds is 7. The Morgan fingerprint density at radius 1 is 1.25 bits per heavy atom. The van der Waals surface area contributed by atoms with Gasteiger partial charge in [-0.2, -0.15) is 13.2 Å². The average molecular weight is 398 g/mol. The lowest BCUT2D eigenvalue weighted by Gasteiger charge is -2.34. The number of pyridine rings is 1. The van der Waals surface area contributed by atoms with E-state index in [0.29, 0.717) is 44.9 Å². The lowest BCUT2D eigenvalue weighted by molar-refractivity contribution is -0.174. The van der Waals surface area contributed by atoms with Crippen LogP contribution in [0.15, 0.2) is 35.1 Å². The maximum atomic E-state index is 12.6. The Hall–Kier alpha value is -2.46.